The molecule has 10 heavy (non-hydrogen) atoms. The van der Waals surface area contributed by atoms with Crippen LogP contribution in [0.1, 0.15) is 5.56 Å². The fourth-order valence-corrected chi connectivity index (χ4v) is 1.58. The molecule has 3 heteroatoms. The molecule has 1 aromatic carbocycles. The van der Waals surface area contributed by atoms with E-state index >= 15 is 0 Å². The number of nitrogens with two attached hydrogens (primary N) is 2. The lowest BCUT2D eigenvalue weighted by Gasteiger charge is -2.03. The Balaban J connectivity index is 3.31. The van der Waals surface area contributed by atoms with E-state index in [1.54, 1.807) is 0 Å². The Bertz CT molecular complexity index is 235. The molecule has 0 heterocycles. The Morgan fingerprint density at radius 1 is 1.30 bits per heavy atom. The average molecular weight is 248 g/mol. The zero-order valence-corrected chi connectivity index (χ0v) is 7.84. The second kappa shape index (κ2) is 2.65. The van der Waals surface area contributed by atoms with E-state index in [0.717, 1.165) is 9.13 Å². The lowest BCUT2D eigenvalue weighted by atomic mass is 10.2. The van der Waals surface area contributed by atoms with E-state index in [-0.39, 0.29) is 0 Å². The molecule has 0 aliphatic heterocycles. The molecule has 0 saturated carbocycles. The van der Waals surface area contributed by atoms with E-state index in [9.17, 15) is 0 Å². The highest BCUT2D eigenvalue weighted by Gasteiger charge is 1.98. The van der Waals surface area contributed by atoms with Crippen molar-refractivity contribution in [3.05, 3.63) is 21.3 Å². The van der Waals surface area contributed by atoms with Crippen molar-refractivity contribution in [1.82, 2.24) is 0 Å². The van der Waals surface area contributed by atoms with Gasteiger partial charge in [-0.1, -0.05) is 0 Å². The topological polar surface area (TPSA) is 52.0 Å². The van der Waals surface area contributed by atoms with Crippen molar-refractivity contribution in [3.63, 3.8) is 0 Å². The van der Waals surface area contributed by atoms with Gasteiger partial charge in [0.15, 0.2) is 0 Å². The van der Waals surface area contributed by atoms with Crippen molar-refractivity contribution < 1.29 is 0 Å². The number of halogens is 1. The van der Waals surface area contributed by atoms with E-state index in [1.807, 2.05) is 19.1 Å². The van der Waals surface area contributed by atoms with Crippen LogP contribution < -0.4 is 11.5 Å². The Kier molecular flexibility index (Phi) is 2.03. The van der Waals surface area contributed by atoms with E-state index in [1.165, 1.54) is 0 Å². The summed E-state index contributed by atoms with van der Waals surface area (Å²) in [5, 5.41) is 0. The molecule has 0 aromatic heterocycles. The second-order valence-corrected chi connectivity index (χ2v) is 3.47. The first-order valence-electron chi connectivity index (χ1n) is 2.92. The van der Waals surface area contributed by atoms with Gasteiger partial charge in [0.25, 0.3) is 0 Å². The highest BCUT2D eigenvalue weighted by atomic mass is 127. The molecule has 0 saturated heterocycles. The number of rotatable bonds is 0. The molecule has 0 unspecified atom stereocenters. The van der Waals surface area contributed by atoms with Crippen molar-refractivity contribution in [2.75, 3.05) is 11.5 Å². The fourth-order valence-electron chi connectivity index (χ4n) is 0.780. The zero-order chi connectivity index (χ0) is 7.72. The molecular formula is C7H9IN2. The number of hydrogen-bond acceptors (Lipinski definition) is 2. The molecule has 2 nitrogen and oxygen atoms in total. The minimum Gasteiger partial charge on any atom is -0.397 e. The highest BCUT2D eigenvalue weighted by Crippen LogP contribution is 2.21. The normalized spacial score (nSPS) is 9.80. The number of benzene rings is 1. The molecule has 1 aromatic rings. The summed E-state index contributed by atoms with van der Waals surface area (Å²) in [6.45, 7) is 1.95. The van der Waals surface area contributed by atoms with Crippen LogP contribution in [0.5, 0.6) is 0 Å². The monoisotopic (exact) mass is 248 g/mol. The van der Waals surface area contributed by atoms with Gasteiger partial charge in [0.2, 0.25) is 0 Å². The Morgan fingerprint density at radius 2 is 1.90 bits per heavy atom. The Hall–Kier alpha value is -0.450. The van der Waals surface area contributed by atoms with Crippen LogP contribution in [0, 0.1) is 10.5 Å². The van der Waals surface area contributed by atoms with Crippen molar-refractivity contribution in [3.8, 4) is 0 Å². The fraction of sp³-hybridized carbons (Fsp3) is 0.143. The molecule has 4 N–H and O–H groups in total. The van der Waals surface area contributed by atoms with Crippen LogP contribution in [0.4, 0.5) is 11.4 Å². The molecule has 0 bridgehead atoms. The van der Waals surface area contributed by atoms with E-state index in [4.69, 9.17) is 11.5 Å². The predicted octanol–water partition coefficient (Wildman–Crippen LogP) is 1.76. The van der Waals surface area contributed by atoms with Crippen molar-refractivity contribution >= 4 is 34.0 Å². The van der Waals surface area contributed by atoms with Crippen molar-refractivity contribution in [2.24, 2.45) is 0 Å². The third-order valence-electron chi connectivity index (χ3n) is 1.38. The number of anilines is 2. The van der Waals surface area contributed by atoms with E-state index in [0.29, 0.717) is 11.4 Å². The first-order valence-corrected chi connectivity index (χ1v) is 4.00. The molecule has 0 aliphatic rings. The Labute approximate surface area is 73.7 Å². The number of aryl methyl sites for hydroxylation is 1. The molecule has 54 valence electrons. The number of hydrogen-bond donors (Lipinski definition) is 2. The second-order valence-electron chi connectivity index (χ2n) is 2.23. The molecule has 0 spiro atoms. The summed E-state index contributed by atoms with van der Waals surface area (Å²) >= 11 is 2.21. The Morgan fingerprint density at radius 3 is 2.40 bits per heavy atom. The molecule has 1 rings (SSSR count). The van der Waals surface area contributed by atoms with Gasteiger partial charge in [0.05, 0.1) is 11.4 Å². The smallest absolute Gasteiger partial charge is 0.0578 e. The summed E-state index contributed by atoms with van der Waals surface area (Å²) in [7, 11) is 0. The molecule has 0 fully saturated rings. The van der Waals surface area contributed by atoms with Gasteiger partial charge in [-0.3, -0.25) is 0 Å². The van der Waals surface area contributed by atoms with E-state index in [2.05, 4.69) is 22.6 Å². The summed E-state index contributed by atoms with van der Waals surface area (Å²) in [4.78, 5) is 0. The minimum atomic E-state index is 0.671. The number of nitrogen functional groups attached to an aromatic ring is 2. The largest absolute Gasteiger partial charge is 0.397 e. The zero-order valence-electron chi connectivity index (χ0n) is 5.69. The van der Waals surface area contributed by atoms with Gasteiger partial charge in [-0.25, -0.2) is 0 Å². The maximum atomic E-state index is 5.62. The van der Waals surface area contributed by atoms with Crippen LogP contribution in [-0.2, 0) is 0 Å². The van der Waals surface area contributed by atoms with Gasteiger partial charge in [-0.15, -0.1) is 0 Å². The SMILES string of the molecule is Cc1cc(I)cc(N)c1N. The van der Waals surface area contributed by atoms with Crippen molar-refractivity contribution in [1.29, 1.82) is 0 Å². The summed E-state index contributed by atoms with van der Waals surface area (Å²) in [6.07, 6.45) is 0. The summed E-state index contributed by atoms with van der Waals surface area (Å²) < 4.78 is 1.13. The average Bonchev–Trinajstić information content (AvgIpc) is 1.82. The predicted molar refractivity (Wildman–Crippen MR) is 52.7 cm³/mol. The highest BCUT2D eigenvalue weighted by molar-refractivity contribution is 14.1. The summed E-state index contributed by atoms with van der Waals surface area (Å²) in [6, 6.07) is 3.87. The van der Waals surface area contributed by atoms with Crippen LogP contribution >= 0.6 is 22.6 Å². The van der Waals surface area contributed by atoms with Gasteiger partial charge in [-0.2, -0.15) is 0 Å². The van der Waals surface area contributed by atoms with Crippen LogP contribution in [0.2, 0.25) is 0 Å². The lowest BCUT2D eigenvalue weighted by molar-refractivity contribution is 1.45. The third-order valence-corrected chi connectivity index (χ3v) is 2.01. The quantitative estimate of drug-likeness (QED) is 0.543. The molecule has 0 amide bonds. The maximum absolute atomic E-state index is 5.62. The molecular weight excluding hydrogens is 239 g/mol. The van der Waals surface area contributed by atoms with Gasteiger partial charge in [0, 0.05) is 3.57 Å². The van der Waals surface area contributed by atoms with Crippen molar-refractivity contribution in [2.45, 2.75) is 6.92 Å². The maximum Gasteiger partial charge on any atom is 0.0578 e. The standard InChI is InChI=1S/C7H9IN2/c1-4-2-5(8)3-6(9)7(4)10/h2-3H,9-10H2,1H3. The molecule has 0 radical (unpaired) electrons. The molecule has 0 atom stereocenters. The summed E-state index contributed by atoms with van der Waals surface area (Å²) in [5.74, 6) is 0. The summed E-state index contributed by atoms with van der Waals surface area (Å²) in [5.41, 5.74) is 13.6. The van der Waals surface area contributed by atoms with Crippen LogP contribution in [0.15, 0.2) is 12.1 Å². The van der Waals surface area contributed by atoms with Crippen LogP contribution in [-0.4, -0.2) is 0 Å². The minimum absolute atomic E-state index is 0.671. The van der Waals surface area contributed by atoms with Gasteiger partial charge >= 0.3 is 0 Å². The van der Waals surface area contributed by atoms with Crippen LogP contribution in [0.3, 0.4) is 0 Å². The third kappa shape index (κ3) is 1.34. The van der Waals surface area contributed by atoms with E-state index < -0.39 is 0 Å². The van der Waals surface area contributed by atoms with Crippen LogP contribution in [0.25, 0.3) is 0 Å². The molecule has 0 aliphatic carbocycles. The van der Waals surface area contributed by atoms with Gasteiger partial charge in [-0.05, 0) is 47.2 Å². The first-order chi connectivity index (χ1) is 4.61. The van der Waals surface area contributed by atoms with Gasteiger partial charge in [0.1, 0.15) is 0 Å². The lowest BCUT2D eigenvalue weighted by Crippen LogP contribution is -1.97. The first kappa shape index (κ1) is 7.65. The van der Waals surface area contributed by atoms with Gasteiger partial charge < -0.3 is 11.5 Å².